The van der Waals surface area contributed by atoms with Gasteiger partial charge in [-0.25, -0.2) is 0 Å². The summed E-state index contributed by atoms with van der Waals surface area (Å²) in [5.74, 6) is 3.67. The van der Waals surface area contributed by atoms with Crippen molar-refractivity contribution in [1.29, 1.82) is 0 Å². The van der Waals surface area contributed by atoms with Gasteiger partial charge in [0.25, 0.3) is 0 Å². The molecule has 0 spiro atoms. The molecule has 0 aromatic heterocycles. The summed E-state index contributed by atoms with van der Waals surface area (Å²) in [6.45, 7) is 7.35. The lowest BCUT2D eigenvalue weighted by molar-refractivity contribution is -0.150. The van der Waals surface area contributed by atoms with Gasteiger partial charge < -0.3 is 4.74 Å². The van der Waals surface area contributed by atoms with Crippen molar-refractivity contribution in [3.8, 4) is 0 Å². The van der Waals surface area contributed by atoms with Crippen LogP contribution in [0.25, 0.3) is 0 Å². The molecule has 0 N–H and O–H groups in total. The van der Waals surface area contributed by atoms with Crippen LogP contribution in [0.2, 0.25) is 0 Å². The second-order valence-corrected chi connectivity index (χ2v) is 14.2. The first-order valence-electron chi connectivity index (χ1n) is 16.8. The number of carbonyl (C=O) groups is 2. The summed E-state index contributed by atoms with van der Waals surface area (Å²) in [6.07, 6.45) is 28.9. The van der Waals surface area contributed by atoms with Crippen molar-refractivity contribution >= 4 is 11.8 Å². The number of ether oxygens (including phenoxy) is 1. The zero-order valence-electron chi connectivity index (χ0n) is 25.1. The SMILES string of the molecule is CCCCCCCCCC(=O)CCCCCC(=O)OC1C=C[C@@]2(C)C(CC[C@@H]3[C@H]2CC[C@]2(C)CCC[C@@H]32)C1. The van der Waals surface area contributed by atoms with E-state index in [2.05, 4.69) is 32.9 Å². The lowest BCUT2D eigenvalue weighted by Gasteiger charge is -2.58. The van der Waals surface area contributed by atoms with Crippen LogP contribution in [0.1, 0.15) is 156 Å². The Morgan fingerprint density at radius 1 is 0.789 bits per heavy atom. The van der Waals surface area contributed by atoms with E-state index in [4.69, 9.17) is 4.74 Å². The lowest BCUT2D eigenvalue weighted by Crippen LogP contribution is -2.51. The van der Waals surface area contributed by atoms with Crippen LogP contribution in [0.3, 0.4) is 0 Å². The Bertz CT molecular complexity index is 801. The second kappa shape index (κ2) is 14.0. The van der Waals surface area contributed by atoms with E-state index in [-0.39, 0.29) is 17.5 Å². The van der Waals surface area contributed by atoms with Crippen molar-refractivity contribution in [1.82, 2.24) is 0 Å². The smallest absolute Gasteiger partial charge is 0.306 e. The van der Waals surface area contributed by atoms with Gasteiger partial charge in [-0.15, -0.1) is 0 Å². The monoisotopic (exact) mass is 526 g/mol. The lowest BCUT2D eigenvalue weighted by atomic mass is 9.46. The van der Waals surface area contributed by atoms with E-state index in [1.807, 2.05) is 0 Å². The summed E-state index contributed by atoms with van der Waals surface area (Å²) in [6, 6.07) is 0. The van der Waals surface area contributed by atoms with E-state index in [1.54, 1.807) is 0 Å². The average molecular weight is 527 g/mol. The van der Waals surface area contributed by atoms with Gasteiger partial charge >= 0.3 is 5.97 Å². The molecule has 0 amide bonds. The number of hydrogen-bond acceptors (Lipinski definition) is 3. The highest BCUT2D eigenvalue weighted by Crippen LogP contribution is 2.65. The van der Waals surface area contributed by atoms with Gasteiger partial charge in [0.2, 0.25) is 0 Å². The molecular weight excluding hydrogens is 468 g/mol. The maximum Gasteiger partial charge on any atom is 0.306 e. The summed E-state index contributed by atoms with van der Waals surface area (Å²) in [7, 11) is 0. The third kappa shape index (κ3) is 7.34. The number of Topliss-reactive ketones (excluding diaryl/α,β-unsaturated/α-hetero) is 1. The Morgan fingerprint density at radius 3 is 2.24 bits per heavy atom. The molecule has 7 atom stereocenters. The Hall–Kier alpha value is -1.12. The molecule has 3 fully saturated rings. The first kappa shape index (κ1) is 29.9. The molecule has 216 valence electrons. The molecule has 0 bridgehead atoms. The van der Waals surface area contributed by atoms with Gasteiger partial charge in [0.05, 0.1) is 0 Å². The normalized spacial score (nSPS) is 35.8. The number of unbranched alkanes of at least 4 members (excludes halogenated alkanes) is 8. The van der Waals surface area contributed by atoms with E-state index in [0.29, 0.717) is 30.0 Å². The van der Waals surface area contributed by atoms with E-state index in [0.717, 1.165) is 56.3 Å². The highest BCUT2D eigenvalue weighted by Gasteiger charge is 2.57. The predicted octanol–water partition coefficient (Wildman–Crippen LogP) is 9.77. The van der Waals surface area contributed by atoms with E-state index >= 15 is 0 Å². The molecule has 0 aromatic carbocycles. The molecule has 38 heavy (non-hydrogen) atoms. The number of esters is 1. The van der Waals surface area contributed by atoms with Crippen LogP contribution in [0, 0.1) is 34.5 Å². The van der Waals surface area contributed by atoms with Gasteiger partial charge in [0.1, 0.15) is 11.9 Å². The van der Waals surface area contributed by atoms with Crippen molar-refractivity contribution < 1.29 is 14.3 Å². The third-order valence-corrected chi connectivity index (χ3v) is 11.6. The quantitative estimate of drug-likeness (QED) is 0.121. The minimum atomic E-state index is -0.0503. The second-order valence-electron chi connectivity index (χ2n) is 14.2. The fourth-order valence-corrected chi connectivity index (χ4v) is 9.26. The van der Waals surface area contributed by atoms with Crippen molar-refractivity contribution in [3.05, 3.63) is 12.2 Å². The zero-order chi connectivity index (χ0) is 27.0. The molecule has 0 heterocycles. The Kier molecular flexibility index (Phi) is 11.0. The van der Waals surface area contributed by atoms with Crippen LogP contribution < -0.4 is 0 Å². The van der Waals surface area contributed by atoms with E-state index < -0.39 is 0 Å². The molecule has 4 aliphatic carbocycles. The van der Waals surface area contributed by atoms with Crippen LogP contribution in [-0.4, -0.2) is 17.9 Å². The van der Waals surface area contributed by atoms with Gasteiger partial charge in [0.15, 0.2) is 0 Å². The number of carbonyl (C=O) groups excluding carboxylic acids is 2. The van der Waals surface area contributed by atoms with Gasteiger partial charge in [0, 0.05) is 19.3 Å². The van der Waals surface area contributed by atoms with Gasteiger partial charge in [-0.1, -0.05) is 78.2 Å². The molecule has 0 aliphatic heterocycles. The molecule has 0 aromatic rings. The maximum absolute atomic E-state index is 12.6. The molecule has 4 rings (SSSR count). The third-order valence-electron chi connectivity index (χ3n) is 11.6. The number of allylic oxidation sites excluding steroid dienone is 1. The van der Waals surface area contributed by atoms with Gasteiger partial charge in [-0.05, 0) is 105 Å². The van der Waals surface area contributed by atoms with Crippen LogP contribution in [-0.2, 0) is 14.3 Å². The fraction of sp³-hybridized carbons (Fsp3) is 0.886. The molecular formula is C35H58O3. The summed E-state index contributed by atoms with van der Waals surface area (Å²) in [5, 5.41) is 0. The van der Waals surface area contributed by atoms with Crippen molar-refractivity contribution in [2.24, 2.45) is 34.5 Å². The highest BCUT2D eigenvalue weighted by molar-refractivity contribution is 5.78. The Labute approximate surface area is 234 Å². The van der Waals surface area contributed by atoms with Crippen molar-refractivity contribution in [2.45, 2.75) is 162 Å². The molecule has 4 aliphatic rings. The Morgan fingerprint density at radius 2 is 1.47 bits per heavy atom. The number of hydrogen-bond donors (Lipinski definition) is 0. The number of fused-ring (bicyclic) bond motifs is 5. The predicted molar refractivity (Wildman–Crippen MR) is 157 cm³/mol. The van der Waals surface area contributed by atoms with Crippen LogP contribution in [0.4, 0.5) is 0 Å². The standard InChI is InChI=1S/C35H58O3/c1-4-5-6-7-8-9-11-15-28(36)16-12-10-13-18-33(37)38-29-21-25-35(3)27(26-29)19-20-30-31-17-14-23-34(31,2)24-22-32(30)35/h21,25,27,29-32H,4-20,22-24,26H2,1-3H3/t27?,29?,30-,31-,32+,34-,35-/m0/s1. The minimum absolute atomic E-state index is 0.0407. The van der Waals surface area contributed by atoms with Crippen LogP contribution in [0.5, 0.6) is 0 Å². The maximum atomic E-state index is 12.6. The average Bonchev–Trinajstić information content (AvgIpc) is 3.30. The molecule has 3 nitrogen and oxygen atoms in total. The molecule has 0 saturated heterocycles. The summed E-state index contributed by atoms with van der Waals surface area (Å²) >= 11 is 0. The topological polar surface area (TPSA) is 43.4 Å². The fourth-order valence-electron chi connectivity index (χ4n) is 9.26. The summed E-state index contributed by atoms with van der Waals surface area (Å²) < 4.78 is 5.94. The van der Waals surface area contributed by atoms with Crippen LogP contribution in [0.15, 0.2) is 12.2 Å². The molecule has 0 radical (unpaired) electrons. The zero-order valence-corrected chi connectivity index (χ0v) is 25.1. The van der Waals surface area contributed by atoms with E-state index in [9.17, 15) is 9.59 Å². The van der Waals surface area contributed by atoms with Crippen molar-refractivity contribution in [3.63, 3.8) is 0 Å². The van der Waals surface area contributed by atoms with Gasteiger partial charge in [-0.3, -0.25) is 9.59 Å². The molecule has 3 saturated carbocycles. The van der Waals surface area contributed by atoms with E-state index in [1.165, 1.54) is 83.5 Å². The largest absolute Gasteiger partial charge is 0.458 e. The van der Waals surface area contributed by atoms with Gasteiger partial charge in [-0.2, -0.15) is 0 Å². The summed E-state index contributed by atoms with van der Waals surface area (Å²) in [4.78, 5) is 24.7. The minimum Gasteiger partial charge on any atom is -0.458 e. The molecule has 2 unspecified atom stereocenters. The van der Waals surface area contributed by atoms with Crippen LogP contribution >= 0.6 is 0 Å². The first-order valence-corrected chi connectivity index (χ1v) is 16.8. The van der Waals surface area contributed by atoms with Crippen molar-refractivity contribution in [2.75, 3.05) is 0 Å². The molecule has 3 heteroatoms. The first-order chi connectivity index (χ1) is 18.4. The highest BCUT2D eigenvalue weighted by atomic mass is 16.5. The summed E-state index contributed by atoms with van der Waals surface area (Å²) in [5.41, 5.74) is 0.902. The number of ketones is 1. The Balaban J connectivity index is 1.10. The number of rotatable bonds is 15.